The topological polar surface area (TPSA) is 93.7 Å². The van der Waals surface area contributed by atoms with Crippen molar-refractivity contribution < 1.29 is 23.9 Å². The molecule has 2 amide bonds. The molecule has 7 nitrogen and oxygen atoms in total. The van der Waals surface area contributed by atoms with Gasteiger partial charge in [-0.1, -0.05) is 24.3 Å². The van der Waals surface area contributed by atoms with Gasteiger partial charge < -0.3 is 20.1 Å². The number of hydrogen-bond donors (Lipinski definition) is 2. The van der Waals surface area contributed by atoms with Gasteiger partial charge in [0.1, 0.15) is 12.3 Å². The van der Waals surface area contributed by atoms with Crippen molar-refractivity contribution in [1.29, 1.82) is 0 Å². The van der Waals surface area contributed by atoms with E-state index in [1.807, 2.05) is 18.2 Å². The lowest BCUT2D eigenvalue weighted by Crippen LogP contribution is -2.36. The highest BCUT2D eigenvalue weighted by Gasteiger charge is 2.21. The van der Waals surface area contributed by atoms with Crippen LogP contribution in [0.5, 0.6) is 5.75 Å². The molecule has 2 aromatic carbocycles. The Kier molecular flexibility index (Phi) is 6.84. The summed E-state index contributed by atoms with van der Waals surface area (Å²) in [6.07, 6.45) is 2.86. The van der Waals surface area contributed by atoms with Crippen LogP contribution in [0.15, 0.2) is 48.5 Å². The summed E-state index contributed by atoms with van der Waals surface area (Å²) >= 11 is 0. The Morgan fingerprint density at radius 2 is 1.83 bits per heavy atom. The van der Waals surface area contributed by atoms with E-state index in [-0.39, 0.29) is 25.1 Å². The predicted molar refractivity (Wildman–Crippen MR) is 107 cm³/mol. The molecule has 0 spiro atoms. The van der Waals surface area contributed by atoms with E-state index < -0.39 is 11.9 Å². The normalized spacial score (nSPS) is 15.0. The highest BCUT2D eigenvalue weighted by Crippen LogP contribution is 2.29. The van der Waals surface area contributed by atoms with E-state index in [0.717, 1.165) is 24.8 Å². The molecule has 3 rings (SSSR count). The number of carbonyl (C=O) groups is 3. The Balaban J connectivity index is 1.41. The van der Waals surface area contributed by atoms with Crippen LogP contribution in [-0.4, -0.2) is 38.0 Å². The van der Waals surface area contributed by atoms with Gasteiger partial charge in [0.25, 0.3) is 11.8 Å². The number of hydrogen-bond acceptors (Lipinski definition) is 5. The van der Waals surface area contributed by atoms with Crippen molar-refractivity contribution in [3.05, 3.63) is 65.2 Å². The van der Waals surface area contributed by atoms with Gasteiger partial charge >= 0.3 is 5.97 Å². The van der Waals surface area contributed by atoms with Gasteiger partial charge in [-0.25, -0.2) is 0 Å². The maximum Gasteiger partial charge on any atom is 0.325 e. The molecule has 152 valence electrons. The van der Waals surface area contributed by atoms with Crippen LogP contribution in [0.1, 0.15) is 40.4 Å². The molecular weight excluding hydrogens is 372 g/mol. The van der Waals surface area contributed by atoms with Crippen molar-refractivity contribution in [3.63, 3.8) is 0 Å². The largest absolute Gasteiger partial charge is 0.497 e. The zero-order valence-corrected chi connectivity index (χ0v) is 16.3. The fourth-order valence-corrected chi connectivity index (χ4v) is 3.33. The van der Waals surface area contributed by atoms with Crippen molar-refractivity contribution >= 4 is 17.8 Å². The first-order chi connectivity index (χ1) is 14.1. The van der Waals surface area contributed by atoms with Crippen LogP contribution in [0.3, 0.4) is 0 Å². The Morgan fingerprint density at radius 3 is 2.59 bits per heavy atom. The highest BCUT2D eigenvalue weighted by molar-refractivity contribution is 5.96. The van der Waals surface area contributed by atoms with Gasteiger partial charge in [0.05, 0.1) is 13.2 Å². The summed E-state index contributed by atoms with van der Waals surface area (Å²) in [6.45, 7) is -0.694. The van der Waals surface area contributed by atoms with E-state index in [0.29, 0.717) is 11.3 Å². The molecule has 0 saturated heterocycles. The number of fused-ring (bicyclic) bond motifs is 1. The summed E-state index contributed by atoms with van der Waals surface area (Å²) in [4.78, 5) is 36.0. The molecule has 1 aliphatic rings. The predicted octanol–water partition coefficient (Wildman–Crippen LogP) is 2.16. The number of benzene rings is 2. The van der Waals surface area contributed by atoms with Crippen molar-refractivity contribution in [2.45, 2.75) is 25.3 Å². The van der Waals surface area contributed by atoms with Gasteiger partial charge in [-0.15, -0.1) is 0 Å². The van der Waals surface area contributed by atoms with E-state index >= 15 is 0 Å². The zero-order chi connectivity index (χ0) is 20.6. The summed E-state index contributed by atoms with van der Waals surface area (Å²) in [5.41, 5.74) is 2.75. The smallest absolute Gasteiger partial charge is 0.325 e. The standard InChI is InChI=1S/C22H24N2O5/c1-28-17-11-9-16(10-12-17)22(27)23-13-21(26)29-14-20(25)24-19-8-4-6-15-5-2-3-7-18(15)19/h2-3,5,7,9-12,19H,4,6,8,13-14H2,1H3,(H,23,27)(H,24,25)/t19-/m0/s1. The molecule has 0 radical (unpaired) electrons. The SMILES string of the molecule is COc1ccc(C(=O)NCC(=O)OCC(=O)N[C@H]2CCCc3ccccc32)cc1. The Labute approximate surface area is 169 Å². The maximum absolute atomic E-state index is 12.2. The molecule has 0 unspecified atom stereocenters. The lowest BCUT2D eigenvalue weighted by Gasteiger charge is -2.26. The molecule has 7 heteroatoms. The average Bonchev–Trinajstić information content (AvgIpc) is 2.76. The lowest BCUT2D eigenvalue weighted by molar-refractivity contribution is -0.147. The number of aryl methyl sites for hydroxylation is 1. The van der Waals surface area contributed by atoms with Crippen LogP contribution >= 0.6 is 0 Å². The molecule has 0 bridgehead atoms. The summed E-state index contributed by atoms with van der Waals surface area (Å²) in [5, 5.41) is 5.38. The Morgan fingerprint density at radius 1 is 1.07 bits per heavy atom. The summed E-state index contributed by atoms with van der Waals surface area (Å²) in [5.74, 6) is -0.812. The van der Waals surface area contributed by atoms with Crippen molar-refractivity contribution in [2.75, 3.05) is 20.3 Å². The van der Waals surface area contributed by atoms with Gasteiger partial charge in [-0.2, -0.15) is 0 Å². The van der Waals surface area contributed by atoms with E-state index in [4.69, 9.17) is 9.47 Å². The van der Waals surface area contributed by atoms with Crippen LogP contribution in [0.4, 0.5) is 0 Å². The molecule has 0 aliphatic heterocycles. The number of amides is 2. The number of carbonyl (C=O) groups excluding carboxylic acids is 3. The van der Waals surface area contributed by atoms with E-state index in [2.05, 4.69) is 16.7 Å². The van der Waals surface area contributed by atoms with Gasteiger partial charge in [0.2, 0.25) is 0 Å². The van der Waals surface area contributed by atoms with Crippen LogP contribution in [0.2, 0.25) is 0 Å². The first-order valence-electron chi connectivity index (χ1n) is 9.52. The number of methoxy groups -OCH3 is 1. The molecule has 29 heavy (non-hydrogen) atoms. The van der Waals surface area contributed by atoms with E-state index in [1.165, 1.54) is 12.7 Å². The summed E-state index contributed by atoms with van der Waals surface area (Å²) < 4.78 is 10.0. The van der Waals surface area contributed by atoms with Gasteiger partial charge in [-0.05, 0) is 54.7 Å². The summed E-state index contributed by atoms with van der Waals surface area (Å²) in [7, 11) is 1.54. The quantitative estimate of drug-likeness (QED) is 0.700. The second kappa shape index (κ2) is 9.73. The Hall–Kier alpha value is -3.35. The molecule has 0 heterocycles. The third-order valence-corrected chi connectivity index (χ3v) is 4.81. The minimum absolute atomic E-state index is 0.0686. The highest BCUT2D eigenvalue weighted by atomic mass is 16.5. The molecule has 2 N–H and O–H groups in total. The Bertz CT molecular complexity index is 879. The van der Waals surface area contributed by atoms with Crippen LogP contribution < -0.4 is 15.4 Å². The third kappa shape index (κ3) is 5.57. The number of ether oxygens (including phenoxy) is 2. The molecule has 1 atom stereocenters. The first kappa shape index (κ1) is 20.4. The second-order valence-corrected chi connectivity index (χ2v) is 6.78. The van der Waals surface area contributed by atoms with Crippen molar-refractivity contribution in [1.82, 2.24) is 10.6 Å². The number of rotatable bonds is 7. The van der Waals surface area contributed by atoms with E-state index in [1.54, 1.807) is 24.3 Å². The maximum atomic E-state index is 12.2. The monoisotopic (exact) mass is 396 g/mol. The average molecular weight is 396 g/mol. The van der Waals surface area contributed by atoms with Crippen LogP contribution in [0.25, 0.3) is 0 Å². The van der Waals surface area contributed by atoms with Crippen molar-refractivity contribution in [2.24, 2.45) is 0 Å². The fraction of sp³-hybridized carbons (Fsp3) is 0.318. The van der Waals surface area contributed by atoms with Gasteiger partial charge in [-0.3, -0.25) is 14.4 Å². The second-order valence-electron chi connectivity index (χ2n) is 6.78. The minimum Gasteiger partial charge on any atom is -0.497 e. The molecule has 2 aromatic rings. The first-order valence-corrected chi connectivity index (χ1v) is 9.52. The van der Waals surface area contributed by atoms with Crippen LogP contribution in [-0.2, 0) is 20.7 Å². The minimum atomic E-state index is -0.675. The van der Waals surface area contributed by atoms with E-state index in [9.17, 15) is 14.4 Å². The zero-order valence-electron chi connectivity index (χ0n) is 16.3. The summed E-state index contributed by atoms with van der Waals surface area (Å²) in [6, 6.07) is 14.5. The van der Waals surface area contributed by atoms with Gasteiger partial charge in [0, 0.05) is 5.56 Å². The number of esters is 1. The molecule has 0 aromatic heterocycles. The molecule has 0 fully saturated rings. The third-order valence-electron chi connectivity index (χ3n) is 4.81. The van der Waals surface area contributed by atoms with Gasteiger partial charge in [0.15, 0.2) is 6.61 Å². The lowest BCUT2D eigenvalue weighted by atomic mass is 9.88. The molecular formula is C22H24N2O5. The molecule has 0 saturated carbocycles. The fourth-order valence-electron chi connectivity index (χ4n) is 3.33. The van der Waals surface area contributed by atoms with Crippen molar-refractivity contribution in [3.8, 4) is 5.75 Å². The van der Waals surface area contributed by atoms with Crippen LogP contribution in [0, 0.1) is 0 Å². The number of nitrogens with one attached hydrogen (secondary N) is 2. The molecule has 1 aliphatic carbocycles.